The molecule has 0 fully saturated rings. The van der Waals surface area contributed by atoms with Crippen molar-refractivity contribution in [2.75, 3.05) is 14.2 Å². The van der Waals surface area contributed by atoms with E-state index in [4.69, 9.17) is 4.74 Å². The topological polar surface area (TPSA) is 38.3 Å². The van der Waals surface area contributed by atoms with Crippen molar-refractivity contribution in [3.8, 4) is 5.19 Å². The van der Waals surface area contributed by atoms with Crippen LogP contribution in [-0.2, 0) is 6.54 Å². The van der Waals surface area contributed by atoms with Gasteiger partial charge in [0, 0.05) is 6.04 Å². The molecule has 0 aliphatic rings. The molecule has 0 saturated carbocycles. The summed E-state index contributed by atoms with van der Waals surface area (Å²) in [5.41, 5.74) is 1.07. The summed E-state index contributed by atoms with van der Waals surface area (Å²) >= 11 is 1.43. The lowest BCUT2D eigenvalue weighted by atomic mass is 10.1. The minimum Gasteiger partial charge on any atom is -0.472 e. The largest absolute Gasteiger partial charge is 0.472 e. The maximum Gasteiger partial charge on any atom is 0.293 e. The number of hydrogen-bond acceptors (Lipinski definition) is 5. The van der Waals surface area contributed by atoms with Crippen LogP contribution in [-0.4, -0.2) is 29.3 Å². The number of halogens is 1. The van der Waals surface area contributed by atoms with Gasteiger partial charge in [-0.2, -0.15) is 0 Å². The Hall–Kier alpha value is -1.53. The average molecular weight is 281 g/mol. The molecule has 0 amide bonds. The summed E-state index contributed by atoms with van der Waals surface area (Å²) in [5.74, 6) is -0.215. The smallest absolute Gasteiger partial charge is 0.293 e. The summed E-state index contributed by atoms with van der Waals surface area (Å²) < 4.78 is 17.9. The zero-order valence-electron chi connectivity index (χ0n) is 11.1. The van der Waals surface area contributed by atoms with Gasteiger partial charge in [0.25, 0.3) is 5.19 Å². The van der Waals surface area contributed by atoms with Crippen molar-refractivity contribution in [2.45, 2.75) is 19.5 Å². The fraction of sp³-hybridized carbons (Fsp3) is 0.385. The number of methoxy groups -OCH3 is 1. The second-order valence-electron chi connectivity index (χ2n) is 4.31. The number of ether oxygens (including phenoxy) is 1. The number of nitrogens with zero attached hydrogens (tertiary/aromatic N) is 3. The van der Waals surface area contributed by atoms with Crippen LogP contribution < -0.4 is 4.74 Å². The molecule has 1 heterocycles. The Labute approximate surface area is 115 Å². The molecule has 4 nitrogen and oxygen atoms in total. The molecule has 0 unspecified atom stereocenters. The van der Waals surface area contributed by atoms with Gasteiger partial charge in [0.15, 0.2) is 0 Å². The summed E-state index contributed by atoms with van der Waals surface area (Å²) in [7, 11) is 3.58. The minimum absolute atomic E-state index is 0.176. The first-order valence-electron chi connectivity index (χ1n) is 5.92. The zero-order chi connectivity index (χ0) is 13.8. The maximum atomic E-state index is 12.9. The van der Waals surface area contributed by atoms with Gasteiger partial charge in [-0.05, 0) is 31.7 Å². The fourth-order valence-electron chi connectivity index (χ4n) is 1.73. The summed E-state index contributed by atoms with van der Waals surface area (Å²) in [5, 5.41) is 9.42. The highest BCUT2D eigenvalue weighted by Crippen LogP contribution is 2.23. The molecule has 1 aromatic carbocycles. The third-order valence-corrected chi connectivity index (χ3v) is 3.89. The molecule has 2 aromatic rings. The summed E-state index contributed by atoms with van der Waals surface area (Å²) in [6.07, 6.45) is 0. The van der Waals surface area contributed by atoms with Crippen LogP contribution in [0.4, 0.5) is 4.39 Å². The maximum absolute atomic E-state index is 12.9. The average Bonchev–Trinajstić information content (AvgIpc) is 2.86. The molecule has 102 valence electrons. The first-order chi connectivity index (χ1) is 9.10. The van der Waals surface area contributed by atoms with E-state index in [9.17, 15) is 4.39 Å². The molecule has 0 radical (unpaired) electrons. The van der Waals surface area contributed by atoms with E-state index in [1.54, 1.807) is 19.2 Å². The van der Waals surface area contributed by atoms with E-state index in [-0.39, 0.29) is 11.9 Å². The number of rotatable bonds is 5. The SMILES string of the molecule is COc1nnc(CN(C)[C@@H](C)c2ccc(F)cc2)s1. The zero-order valence-corrected chi connectivity index (χ0v) is 11.9. The quantitative estimate of drug-likeness (QED) is 0.844. The van der Waals surface area contributed by atoms with Crippen molar-refractivity contribution in [1.29, 1.82) is 0 Å². The standard InChI is InChI=1S/C13H16FN3OS/c1-9(10-4-6-11(14)7-5-10)17(2)8-12-15-16-13(18-3)19-12/h4-7,9H,8H2,1-3H3/t9-/m0/s1. The summed E-state index contributed by atoms with van der Waals surface area (Å²) in [6.45, 7) is 2.76. The molecule has 0 saturated heterocycles. The second-order valence-corrected chi connectivity index (χ2v) is 5.33. The highest BCUT2D eigenvalue weighted by atomic mass is 32.1. The molecular formula is C13H16FN3OS. The van der Waals surface area contributed by atoms with Crippen molar-refractivity contribution < 1.29 is 9.13 Å². The molecule has 6 heteroatoms. The predicted molar refractivity (Wildman–Crippen MR) is 72.7 cm³/mol. The van der Waals surface area contributed by atoms with Crippen LogP contribution in [0.3, 0.4) is 0 Å². The van der Waals surface area contributed by atoms with Crippen LogP contribution in [0, 0.1) is 5.82 Å². The van der Waals surface area contributed by atoms with E-state index in [0.717, 1.165) is 10.6 Å². The van der Waals surface area contributed by atoms with Gasteiger partial charge in [0.05, 0.1) is 13.7 Å². The summed E-state index contributed by atoms with van der Waals surface area (Å²) in [4.78, 5) is 2.13. The van der Waals surface area contributed by atoms with Gasteiger partial charge in [-0.15, -0.1) is 10.2 Å². The highest BCUT2D eigenvalue weighted by molar-refractivity contribution is 7.13. The first-order valence-corrected chi connectivity index (χ1v) is 6.74. The van der Waals surface area contributed by atoms with Gasteiger partial charge in [-0.1, -0.05) is 23.5 Å². The first kappa shape index (κ1) is 13.9. The van der Waals surface area contributed by atoms with E-state index in [2.05, 4.69) is 22.0 Å². The normalized spacial score (nSPS) is 12.7. The van der Waals surface area contributed by atoms with Gasteiger partial charge in [0.1, 0.15) is 10.8 Å². The molecule has 0 aliphatic heterocycles. The van der Waals surface area contributed by atoms with Gasteiger partial charge in [-0.25, -0.2) is 4.39 Å². The molecule has 0 N–H and O–H groups in total. The van der Waals surface area contributed by atoms with Crippen LogP contribution in [0.15, 0.2) is 24.3 Å². The van der Waals surface area contributed by atoms with Crippen LogP contribution in [0.2, 0.25) is 0 Å². The van der Waals surface area contributed by atoms with Crippen LogP contribution in [0.1, 0.15) is 23.5 Å². The lowest BCUT2D eigenvalue weighted by Crippen LogP contribution is -2.21. The Balaban J connectivity index is 2.02. The lowest BCUT2D eigenvalue weighted by molar-refractivity contribution is 0.252. The Morgan fingerprint density at radius 1 is 1.32 bits per heavy atom. The van der Waals surface area contributed by atoms with E-state index in [1.165, 1.54) is 23.5 Å². The van der Waals surface area contributed by atoms with Crippen LogP contribution >= 0.6 is 11.3 Å². The van der Waals surface area contributed by atoms with Crippen LogP contribution in [0.5, 0.6) is 5.19 Å². The summed E-state index contributed by atoms with van der Waals surface area (Å²) in [6, 6.07) is 6.74. The number of aromatic nitrogens is 2. The number of benzene rings is 1. The van der Waals surface area contributed by atoms with E-state index in [1.807, 2.05) is 7.05 Å². The molecule has 0 spiro atoms. The Bertz CT molecular complexity index is 529. The molecule has 0 bridgehead atoms. The van der Waals surface area contributed by atoms with E-state index in [0.29, 0.717) is 11.7 Å². The Morgan fingerprint density at radius 2 is 2.00 bits per heavy atom. The highest BCUT2D eigenvalue weighted by Gasteiger charge is 2.14. The van der Waals surface area contributed by atoms with Gasteiger partial charge in [0.2, 0.25) is 0 Å². The number of hydrogen-bond donors (Lipinski definition) is 0. The second kappa shape index (κ2) is 6.08. The van der Waals surface area contributed by atoms with Crippen molar-refractivity contribution in [3.05, 3.63) is 40.7 Å². The van der Waals surface area contributed by atoms with E-state index < -0.39 is 0 Å². The van der Waals surface area contributed by atoms with Crippen LogP contribution in [0.25, 0.3) is 0 Å². The third-order valence-electron chi connectivity index (χ3n) is 3.02. The van der Waals surface area contributed by atoms with Crippen molar-refractivity contribution in [3.63, 3.8) is 0 Å². The fourth-order valence-corrected chi connectivity index (χ4v) is 2.45. The lowest BCUT2D eigenvalue weighted by Gasteiger charge is -2.23. The van der Waals surface area contributed by atoms with Crippen molar-refractivity contribution >= 4 is 11.3 Å². The Morgan fingerprint density at radius 3 is 2.58 bits per heavy atom. The molecule has 1 aromatic heterocycles. The molecule has 0 aliphatic carbocycles. The molecule has 1 atom stereocenters. The van der Waals surface area contributed by atoms with Gasteiger partial charge >= 0.3 is 0 Å². The Kier molecular flexibility index (Phi) is 4.44. The van der Waals surface area contributed by atoms with Crippen molar-refractivity contribution in [1.82, 2.24) is 15.1 Å². The van der Waals surface area contributed by atoms with Crippen molar-refractivity contribution in [2.24, 2.45) is 0 Å². The molecule has 2 rings (SSSR count). The molecular weight excluding hydrogens is 265 g/mol. The monoisotopic (exact) mass is 281 g/mol. The minimum atomic E-state index is -0.215. The van der Waals surface area contributed by atoms with E-state index >= 15 is 0 Å². The van der Waals surface area contributed by atoms with Gasteiger partial charge < -0.3 is 4.74 Å². The van der Waals surface area contributed by atoms with Gasteiger partial charge in [-0.3, -0.25) is 4.90 Å². The predicted octanol–water partition coefficient (Wildman–Crippen LogP) is 2.88. The molecule has 19 heavy (non-hydrogen) atoms. The third kappa shape index (κ3) is 3.48.